The summed E-state index contributed by atoms with van der Waals surface area (Å²) in [6.07, 6.45) is 6.96. The van der Waals surface area contributed by atoms with E-state index in [1.165, 1.54) is 10.4 Å². The van der Waals surface area contributed by atoms with Crippen molar-refractivity contribution in [2.24, 2.45) is 5.92 Å². The molecule has 2 aliphatic rings. The number of aliphatic hydroxyl groups is 1. The Morgan fingerprint density at radius 2 is 2.17 bits per heavy atom. The average molecular weight is 424 g/mol. The monoisotopic (exact) mass is 423 g/mol. The molecule has 1 aromatic heterocycles. The number of morpholine rings is 1. The molecule has 2 N–H and O–H groups in total. The lowest BCUT2D eigenvalue weighted by Crippen LogP contribution is -2.50. The number of carboxylic acids is 1. The lowest BCUT2D eigenvalue weighted by atomic mass is 9.94. The first kappa shape index (κ1) is 22.4. The van der Waals surface area contributed by atoms with Crippen molar-refractivity contribution in [3.05, 3.63) is 34.0 Å². The highest BCUT2D eigenvalue weighted by Crippen LogP contribution is 2.36. The molecule has 3 rings (SSSR count). The average Bonchev–Trinajstić information content (AvgIpc) is 3.25. The van der Waals surface area contributed by atoms with Crippen molar-refractivity contribution in [3.8, 4) is 0 Å². The van der Waals surface area contributed by atoms with E-state index in [1.807, 2.05) is 0 Å². The number of thiophene rings is 1. The summed E-state index contributed by atoms with van der Waals surface area (Å²) in [7, 11) is 0. The van der Waals surface area contributed by atoms with Gasteiger partial charge in [0.25, 0.3) is 0 Å². The Hall–Kier alpha value is -1.25. The maximum absolute atomic E-state index is 10.8. The summed E-state index contributed by atoms with van der Waals surface area (Å²) in [5.74, 6) is -0.526. The zero-order valence-electron chi connectivity index (χ0n) is 17.2. The van der Waals surface area contributed by atoms with E-state index in [0.717, 1.165) is 25.9 Å². The number of aliphatic carboxylic acids is 1. The minimum atomic E-state index is -0.748. The fourth-order valence-corrected chi connectivity index (χ4v) is 5.22. The molecule has 1 aliphatic carbocycles. The van der Waals surface area contributed by atoms with Gasteiger partial charge in [-0.3, -0.25) is 9.69 Å². The van der Waals surface area contributed by atoms with Gasteiger partial charge in [0.05, 0.1) is 32.0 Å². The van der Waals surface area contributed by atoms with Gasteiger partial charge < -0.3 is 19.7 Å². The van der Waals surface area contributed by atoms with Crippen LogP contribution in [-0.4, -0.2) is 65.6 Å². The first-order valence-electron chi connectivity index (χ1n) is 10.6. The van der Waals surface area contributed by atoms with E-state index in [0.29, 0.717) is 32.7 Å². The van der Waals surface area contributed by atoms with Gasteiger partial charge in [-0.2, -0.15) is 0 Å². The maximum atomic E-state index is 10.8. The van der Waals surface area contributed by atoms with Crippen LogP contribution in [0.4, 0.5) is 0 Å². The van der Waals surface area contributed by atoms with Gasteiger partial charge in [-0.15, -0.1) is 11.3 Å². The number of nitrogens with zero attached hydrogens (tertiary/aromatic N) is 1. The van der Waals surface area contributed by atoms with Crippen LogP contribution in [0.1, 0.15) is 42.5 Å². The van der Waals surface area contributed by atoms with Crippen LogP contribution < -0.4 is 0 Å². The minimum Gasteiger partial charge on any atom is -0.481 e. The summed E-state index contributed by atoms with van der Waals surface area (Å²) >= 11 is 1.72. The molecule has 2 heterocycles. The number of rotatable bonds is 10. The minimum absolute atomic E-state index is 0.0175. The predicted octanol–water partition coefficient (Wildman–Crippen LogP) is 3.22. The van der Waals surface area contributed by atoms with E-state index >= 15 is 0 Å². The number of allylic oxidation sites excluding steroid dienone is 2. The highest BCUT2D eigenvalue weighted by molar-refractivity contribution is 7.10. The summed E-state index contributed by atoms with van der Waals surface area (Å²) in [6.45, 7) is 5.78. The fraction of sp³-hybridized carbons (Fsp3) is 0.682. The number of ether oxygens (including phenoxy) is 2. The highest BCUT2D eigenvalue weighted by atomic mass is 32.1. The van der Waals surface area contributed by atoms with Crippen LogP contribution in [0.2, 0.25) is 0 Å². The third-order valence-electron chi connectivity index (χ3n) is 5.81. The Kier molecular flexibility index (Phi) is 8.68. The Morgan fingerprint density at radius 1 is 1.38 bits per heavy atom. The third kappa shape index (κ3) is 6.62. The molecule has 1 saturated heterocycles. The van der Waals surface area contributed by atoms with Gasteiger partial charge in [-0.05, 0) is 43.2 Å². The van der Waals surface area contributed by atoms with E-state index in [-0.39, 0.29) is 24.5 Å². The van der Waals surface area contributed by atoms with Crippen LogP contribution in [0.5, 0.6) is 0 Å². The summed E-state index contributed by atoms with van der Waals surface area (Å²) in [5.41, 5.74) is 1.26. The predicted molar refractivity (Wildman–Crippen MR) is 113 cm³/mol. The Bertz CT molecular complexity index is 670. The second kappa shape index (κ2) is 11.2. The van der Waals surface area contributed by atoms with Crippen LogP contribution in [0.3, 0.4) is 0 Å². The number of unbranched alkanes of at least 4 members (excludes halogenated alkanes) is 1. The molecule has 0 spiro atoms. The number of aryl methyl sites for hydroxylation is 1. The molecule has 1 saturated carbocycles. The van der Waals surface area contributed by atoms with Crippen LogP contribution >= 0.6 is 11.3 Å². The van der Waals surface area contributed by atoms with Gasteiger partial charge in [0, 0.05) is 42.8 Å². The normalized spacial score (nSPS) is 28.3. The second-order valence-electron chi connectivity index (χ2n) is 8.04. The van der Waals surface area contributed by atoms with Crippen LogP contribution in [0.25, 0.3) is 0 Å². The fourth-order valence-electron chi connectivity index (χ4n) is 4.43. The van der Waals surface area contributed by atoms with Crippen molar-refractivity contribution in [1.29, 1.82) is 0 Å². The highest BCUT2D eigenvalue weighted by Gasteiger charge is 2.45. The van der Waals surface area contributed by atoms with Crippen molar-refractivity contribution in [2.75, 3.05) is 26.3 Å². The van der Waals surface area contributed by atoms with Gasteiger partial charge in [0.15, 0.2) is 0 Å². The van der Waals surface area contributed by atoms with Crippen molar-refractivity contribution >= 4 is 17.3 Å². The van der Waals surface area contributed by atoms with Crippen molar-refractivity contribution in [3.63, 3.8) is 0 Å². The van der Waals surface area contributed by atoms with E-state index in [2.05, 4.69) is 35.4 Å². The number of hydrogen-bond acceptors (Lipinski definition) is 6. The number of aliphatic hydroxyl groups excluding tert-OH is 1. The van der Waals surface area contributed by atoms with E-state index in [4.69, 9.17) is 14.6 Å². The molecule has 0 amide bonds. The van der Waals surface area contributed by atoms with Crippen molar-refractivity contribution in [2.45, 2.75) is 63.9 Å². The van der Waals surface area contributed by atoms with Gasteiger partial charge in [0.1, 0.15) is 0 Å². The standard InChI is InChI=1S/C22H33NO5S/c1-16-12-17(29-15-16)14-28-20-13-19(24)22(23-8-10-27-11-9-23)18(20)6-4-2-3-5-7-21(25)26/h2,4,12,15,18-20,22,24H,3,5-11,13-14H2,1H3,(H,25,26)/t18-,19+,20-,22+/m0/s1. The summed E-state index contributed by atoms with van der Waals surface area (Å²) in [4.78, 5) is 14.2. The van der Waals surface area contributed by atoms with Crippen molar-refractivity contribution < 1.29 is 24.5 Å². The topological polar surface area (TPSA) is 79.2 Å². The molecule has 6 nitrogen and oxygen atoms in total. The van der Waals surface area contributed by atoms with E-state index in [9.17, 15) is 9.90 Å². The number of carboxylic acid groups (broad SMARTS) is 1. The van der Waals surface area contributed by atoms with E-state index in [1.54, 1.807) is 11.3 Å². The quantitative estimate of drug-likeness (QED) is 0.444. The van der Waals surface area contributed by atoms with Gasteiger partial charge in [-0.25, -0.2) is 0 Å². The van der Waals surface area contributed by atoms with Gasteiger partial charge in [0.2, 0.25) is 0 Å². The summed E-state index contributed by atoms with van der Waals surface area (Å²) in [6, 6.07) is 2.24. The van der Waals surface area contributed by atoms with Gasteiger partial charge >= 0.3 is 5.97 Å². The van der Waals surface area contributed by atoms with Crippen molar-refractivity contribution in [1.82, 2.24) is 4.90 Å². The second-order valence-corrected chi connectivity index (χ2v) is 9.03. The van der Waals surface area contributed by atoms with Crippen LogP contribution in [0.15, 0.2) is 23.6 Å². The molecule has 1 aliphatic heterocycles. The number of carbonyl (C=O) groups is 1. The SMILES string of the molecule is Cc1csc(CO[C@H]2C[C@@H](O)[C@H](N3CCOCC3)[C@H]2CC=CCCCC(=O)O)c1. The van der Waals surface area contributed by atoms with E-state index < -0.39 is 12.1 Å². The number of hydrogen-bond donors (Lipinski definition) is 2. The molecule has 4 atom stereocenters. The largest absolute Gasteiger partial charge is 0.481 e. The maximum Gasteiger partial charge on any atom is 0.303 e. The molecule has 1 aromatic rings. The smallest absolute Gasteiger partial charge is 0.303 e. The molecule has 0 aromatic carbocycles. The zero-order chi connectivity index (χ0) is 20.6. The Labute approximate surface area is 177 Å². The molecule has 2 fully saturated rings. The first-order chi connectivity index (χ1) is 14.0. The molecule has 29 heavy (non-hydrogen) atoms. The first-order valence-corrected chi connectivity index (χ1v) is 11.4. The summed E-state index contributed by atoms with van der Waals surface area (Å²) < 4.78 is 11.8. The Balaban J connectivity index is 1.61. The molecule has 0 radical (unpaired) electrons. The molecular weight excluding hydrogens is 390 g/mol. The molecule has 162 valence electrons. The molecular formula is C22H33NO5S. The molecule has 0 bridgehead atoms. The molecule has 7 heteroatoms. The van der Waals surface area contributed by atoms with Crippen LogP contribution in [0, 0.1) is 12.8 Å². The summed E-state index contributed by atoms with van der Waals surface area (Å²) in [5, 5.41) is 21.7. The van der Waals surface area contributed by atoms with Crippen LogP contribution in [-0.2, 0) is 20.9 Å². The van der Waals surface area contributed by atoms with Gasteiger partial charge in [-0.1, -0.05) is 12.2 Å². The lowest BCUT2D eigenvalue weighted by Gasteiger charge is -2.37. The lowest BCUT2D eigenvalue weighted by molar-refractivity contribution is -0.137. The third-order valence-corrected chi connectivity index (χ3v) is 6.84. The molecule has 0 unspecified atom stereocenters. The zero-order valence-corrected chi connectivity index (χ0v) is 18.0. The Morgan fingerprint density at radius 3 is 2.86 bits per heavy atom.